The average Bonchev–Trinajstić information content (AvgIpc) is 2.81. The predicted molar refractivity (Wildman–Crippen MR) is 128 cm³/mol. The molecule has 0 fully saturated rings. The molecule has 0 aliphatic carbocycles. The minimum Gasteiger partial charge on any atom is -0.490 e. The van der Waals surface area contributed by atoms with Gasteiger partial charge in [0.1, 0.15) is 36.6 Å². The third kappa shape index (κ3) is 7.25. The number of ether oxygens (including phenoxy) is 3. The summed E-state index contributed by atoms with van der Waals surface area (Å²) >= 11 is 0. The lowest BCUT2D eigenvalue weighted by Crippen LogP contribution is -2.23. The molecule has 3 aromatic rings. The Morgan fingerprint density at radius 3 is 2.23 bits per heavy atom. The summed E-state index contributed by atoms with van der Waals surface area (Å²) in [4.78, 5) is 0. The Bertz CT molecular complexity index is 913. The van der Waals surface area contributed by atoms with Crippen LogP contribution in [0.1, 0.15) is 38.7 Å². The van der Waals surface area contributed by atoms with Gasteiger partial charge in [-0.25, -0.2) is 0 Å². The topological polar surface area (TPSA) is 39.7 Å². The highest BCUT2D eigenvalue weighted by Gasteiger charge is 2.12. The quantitative estimate of drug-likeness (QED) is 0.339. The highest BCUT2D eigenvalue weighted by atomic mass is 16.5. The lowest BCUT2D eigenvalue weighted by atomic mass is 9.98. The normalized spacial score (nSPS) is 12.6. The fraction of sp³-hybridized carbons (Fsp3) is 0.333. The second-order valence-electron chi connectivity index (χ2n) is 7.69. The van der Waals surface area contributed by atoms with Crippen LogP contribution in [0, 0.1) is 0 Å². The van der Waals surface area contributed by atoms with E-state index in [2.05, 4.69) is 44.3 Å². The molecule has 0 heterocycles. The Morgan fingerprint density at radius 2 is 1.45 bits per heavy atom. The maximum Gasteiger partial charge on any atom is 0.123 e. The highest BCUT2D eigenvalue weighted by molar-refractivity contribution is 5.48. The first-order chi connectivity index (χ1) is 15.2. The molecule has 0 aromatic heterocycles. The Hall–Kier alpha value is -3.14. The van der Waals surface area contributed by atoms with Gasteiger partial charge in [0, 0.05) is 11.8 Å². The van der Waals surface area contributed by atoms with Crippen LogP contribution in [0.2, 0.25) is 0 Å². The molecule has 0 saturated heterocycles. The molecule has 0 amide bonds. The van der Waals surface area contributed by atoms with Crippen molar-refractivity contribution in [3.8, 4) is 17.2 Å². The summed E-state index contributed by atoms with van der Waals surface area (Å²) in [6, 6.07) is 26.1. The monoisotopic (exact) mass is 419 g/mol. The summed E-state index contributed by atoms with van der Waals surface area (Å²) in [6.07, 6.45) is 1.13. The van der Waals surface area contributed by atoms with E-state index in [1.807, 2.05) is 60.7 Å². The zero-order chi connectivity index (χ0) is 21.9. The van der Waals surface area contributed by atoms with Gasteiger partial charge in [0.2, 0.25) is 0 Å². The van der Waals surface area contributed by atoms with Gasteiger partial charge in [-0.05, 0) is 55.2 Å². The summed E-state index contributed by atoms with van der Waals surface area (Å²) in [5, 5.41) is 3.45. The van der Waals surface area contributed by atoms with E-state index in [4.69, 9.17) is 14.2 Å². The van der Waals surface area contributed by atoms with E-state index in [0.717, 1.165) is 29.4 Å². The van der Waals surface area contributed by atoms with Crippen LogP contribution in [-0.4, -0.2) is 25.9 Å². The van der Waals surface area contributed by atoms with E-state index < -0.39 is 0 Å². The first-order valence-electron chi connectivity index (χ1n) is 11.1. The molecule has 4 heteroatoms. The lowest BCUT2D eigenvalue weighted by molar-refractivity contribution is 0.217. The first-order valence-corrected chi connectivity index (χ1v) is 11.1. The molecule has 0 unspecified atom stereocenters. The summed E-state index contributed by atoms with van der Waals surface area (Å²) in [7, 11) is 0. The van der Waals surface area contributed by atoms with Gasteiger partial charge in [-0.2, -0.15) is 0 Å². The summed E-state index contributed by atoms with van der Waals surface area (Å²) in [6.45, 7) is 8.22. The molecule has 3 rings (SSSR count). The van der Waals surface area contributed by atoms with Gasteiger partial charge in [-0.3, -0.25) is 0 Å². The number of hydrogen-bond donors (Lipinski definition) is 1. The Morgan fingerprint density at radius 1 is 0.774 bits per heavy atom. The molecule has 31 heavy (non-hydrogen) atoms. The van der Waals surface area contributed by atoms with Crippen LogP contribution in [0.5, 0.6) is 17.2 Å². The zero-order valence-electron chi connectivity index (χ0n) is 18.7. The van der Waals surface area contributed by atoms with Crippen LogP contribution >= 0.6 is 0 Å². The summed E-state index contributed by atoms with van der Waals surface area (Å²) in [5.41, 5.74) is 2.28. The van der Waals surface area contributed by atoms with Crippen LogP contribution in [0.3, 0.4) is 0 Å². The molecule has 164 valence electrons. The smallest absolute Gasteiger partial charge is 0.123 e. The van der Waals surface area contributed by atoms with Crippen molar-refractivity contribution < 1.29 is 14.2 Å². The van der Waals surface area contributed by atoms with Crippen molar-refractivity contribution >= 4 is 5.69 Å². The van der Waals surface area contributed by atoms with E-state index in [-0.39, 0.29) is 6.10 Å². The van der Waals surface area contributed by atoms with Crippen LogP contribution in [0.4, 0.5) is 5.69 Å². The second-order valence-corrected chi connectivity index (χ2v) is 7.69. The molecule has 1 N–H and O–H groups in total. The van der Waals surface area contributed by atoms with Crippen LogP contribution < -0.4 is 19.5 Å². The van der Waals surface area contributed by atoms with Crippen molar-refractivity contribution in [2.75, 3.05) is 25.1 Å². The minimum atomic E-state index is 0.0362. The minimum absolute atomic E-state index is 0.0362. The second kappa shape index (κ2) is 11.9. The Kier molecular flexibility index (Phi) is 8.65. The van der Waals surface area contributed by atoms with E-state index in [1.165, 1.54) is 5.56 Å². The van der Waals surface area contributed by atoms with Crippen molar-refractivity contribution in [3.05, 3.63) is 84.4 Å². The maximum absolute atomic E-state index is 6.23. The van der Waals surface area contributed by atoms with E-state index in [9.17, 15) is 0 Å². The third-order valence-electron chi connectivity index (χ3n) is 5.18. The van der Waals surface area contributed by atoms with Crippen LogP contribution in [0.25, 0.3) is 0 Å². The molecule has 2 atom stereocenters. The summed E-state index contributed by atoms with van der Waals surface area (Å²) < 4.78 is 17.7. The third-order valence-corrected chi connectivity index (χ3v) is 5.18. The Labute approximate surface area is 186 Å². The Balaban J connectivity index is 1.45. The van der Waals surface area contributed by atoms with Gasteiger partial charge in [-0.15, -0.1) is 0 Å². The summed E-state index contributed by atoms with van der Waals surface area (Å²) in [5.74, 6) is 3.13. The number of anilines is 1. The molecule has 3 aromatic carbocycles. The average molecular weight is 420 g/mol. The van der Waals surface area contributed by atoms with Crippen LogP contribution in [0.15, 0.2) is 78.9 Å². The van der Waals surface area contributed by atoms with E-state index in [0.29, 0.717) is 25.7 Å². The molecule has 0 bridgehead atoms. The van der Waals surface area contributed by atoms with Crippen molar-refractivity contribution in [3.63, 3.8) is 0 Å². The van der Waals surface area contributed by atoms with Crippen molar-refractivity contribution in [2.45, 2.75) is 39.2 Å². The lowest BCUT2D eigenvalue weighted by Gasteiger charge is -2.21. The number of nitrogens with one attached hydrogen (secondary N) is 1. The fourth-order valence-electron chi connectivity index (χ4n) is 3.27. The van der Waals surface area contributed by atoms with E-state index >= 15 is 0 Å². The molecular weight excluding hydrogens is 386 g/mol. The van der Waals surface area contributed by atoms with Crippen molar-refractivity contribution in [1.82, 2.24) is 0 Å². The SMILES string of the molecule is CC[C@@H](C)c1ccccc1O[C@@H](C)CNc1cccc(OCCOc2ccccc2)c1. The van der Waals surface area contributed by atoms with E-state index in [1.54, 1.807) is 0 Å². The van der Waals surface area contributed by atoms with Gasteiger partial charge in [0.25, 0.3) is 0 Å². The number of hydrogen-bond acceptors (Lipinski definition) is 4. The molecule has 0 aliphatic heterocycles. The van der Waals surface area contributed by atoms with Crippen molar-refractivity contribution in [1.29, 1.82) is 0 Å². The largest absolute Gasteiger partial charge is 0.490 e. The van der Waals surface area contributed by atoms with Gasteiger partial charge in [0.15, 0.2) is 0 Å². The number of para-hydroxylation sites is 2. The molecule has 4 nitrogen and oxygen atoms in total. The highest BCUT2D eigenvalue weighted by Crippen LogP contribution is 2.29. The molecule has 0 radical (unpaired) electrons. The maximum atomic E-state index is 6.23. The fourth-order valence-corrected chi connectivity index (χ4v) is 3.27. The predicted octanol–water partition coefficient (Wildman–Crippen LogP) is 6.54. The van der Waals surface area contributed by atoms with Gasteiger partial charge < -0.3 is 19.5 Å². The first kappa shape index (κ1) is 22.5. The standard InChI is InChI=1S/C27H33NO3/c1-4-21(2)26-15-8-9-16-27(26)31-22(3)20-28-23-11-10-14-25(19-23)30-18-17-29-24-12-6-5-7-13-24/h5-16,19,21-22,28H,4,17-18,20H2,1-3H3/t21-,22+/m1/s1. The number of rotatable bonds is 12. The van der Waals surface area contributed by atoms with Gasteiger partial charge in [-0.1, -0.05) is 56.3 Å². The molecule has 0 aliphatic rings. The van der Waals surface area contributed by atoms with Gasteiger partial charge >= 0.3 is 0 Å². The zero-order valence-corrected chi connectivity index (χ0v) is 18.7. The van der Waals surface area contributed by atoms with Gasteiger partial charge in [0.05, 0.1) is 6.54 Å². The van der Waals surface area contributed by atoms with Crippen LogP contribution in [-0.2, 0) is 0 Å². The molecule has 0 spiro atoms. The van der Waals surface area contributed by atoms with Crippen molar-refractivity contribution in [2.24, 2.45) is 0 Å². The number of benzene rings is 3. The molecular formula is C27H33NO3. The molecule has 0 saturated carbocycles.